The molecule has 1 N–H and O–H groups in total. The lowest BCUT2D eigenvalue weighted by Gasteiger charge is -2.31. The third kappa shape index (κ3) is 2.92. The maximum Gasteiger partial charge on any atom is 0.233 e. The first-order chi connectivity index (χ1) is 13.5. The summed E-state index contributed by atoms with van der Waals surface area (Å²) >= 11 is 1.26. The fourth-order valence-corrected chi connectivity index (χ4v) is 4.39. The largest absolute Gasteiger partial charge is 0.300 e. The summed E-state index contributed by atoms with van der Waals surface area (Å²) in [6.07, 6.45) is 0.528. The summed E-state index contributed by atoms with van der Waals surface area (Å²) in [4.78, 5) is 13.3. The number of anilines is 1. The maximum absolute atomic E-state index is 13.3. The zero-order valence-corrected chi connectivity index (χ0v) is 15.8. The van der Waals surface area contributed by atoms with Crippen LogP contribution in [-0.4, -0.2) is 16.1 Å². The number of nitrogens with zero attached hydrogens (tertiary/aromatic N) is 4. The van der Waals surface area contributed by atoms with Crippen molar-refractivity contribution in [1.82, 2.24) is 10.2 Å². The van der Waals surface area contributed by atoms with Gasteiger partial charge in [0, 0.05) is 5.92 Å². The van der Waals surface area contributed by atoms with E-state index in [1.54, 1.807) is 17.6 Å². The predicted octanol–water partition coefficient (Wildman–Crippen LogP) is 3.61. The molecule has 0 saturated carbocycles. The van der Waals surface area contributed by atoms with Gasteiger partial charge in [0.05, 0.1) is 28.7 Å². The van der Waals surface area contributed by atoms with E-state index < -0.39 is 5.41 Å². The summed E-state index contributed by atoms with van der Waals surface area (Å²) in [5.41, 5.74) is 4.71. The molecule has 28 heavy (non-hydrogen) atoms. The molecule has 0 aliphatic heterocycles. The SMILES string of the molecule is C[C@]1(C(=O)Nc2nncs2)Cc2ccc(C#N)cc2[C@H]1c1cccc(C#N)c1. The molecule has 0 spiro atoms. The Bertz CT molecular complexity index is 1140. The molecule has 3 aromatic rings. The van der Waals surface area contributed by atoms with E-state index >= 15 is 0 Å². The second kappa shape index (κ2) is 6.88. The average Bonchev–Trinajstić information content (AvgIpc) is 3.32. The van der Waals surface area contributed by atoms with Crippen molar-refractivity contribution < 1.29 is 4.79 Å². The molecule has 136 valence electrons. The molecule has 1 aliphatic carbocycles. The highest BCUT2D eigenvalue weighted by atomic mass is 32.1. The van der Waals surface area contributed by atoms with Gasteiger partial charge in [-0.15, -0.1) is 10.2 Å². The molecule has 0 unspecified atom stereocenters. The number of nitrogens with one attached hydrogen (secondary N) is 1. The van der Waals surface area contributed by atoms with E-state index in [-0.39, 0.29) is 11.8 Å². The number of amides is 1. The Labute approximate surface area is 166 Å². The molecule has 2 atom stereocenters. The lowest BCUT2D eigenvalue weighted by Crippen LogP contribution is -2.37. The van der Waals surface area contributed by atoms with Crippen LogP contribution in [0.25, 0.3) is 0 Å². The van der Waals surface area contributed by atoms with Crippen molar-refractivity contribution in [3.05, 3.63) is 75.8 Å². The van der Waals surface area contributed by atoms with Gasteiger partial charge in [-0.3, -0.25) is 4.79 Å². The molecule has 4 rings (SSSR count). The minimum Gasteiger partial charge on any atom is -0.300 e. The zero-order valence-electron chi connectivity index (χ0n) is 15.0. The van der Waals surface area contributed by atoms with E-state index in [1.807, 2.05) is 37.3 Å². The second-order valence-corrected chi connectivity index (χ2v) is 7.82. The zero-order chi connectivity index (χ0) is 19.7. The number of benzene rings is 2. The average molecular weight is 385 g/mol. The fourth-order valence-electron chi connectivity index (χ4n) is 3.95. The molecule has 7 heteroatoms. The van der Waals surface area contributed by atoms with Crippen molar-refractivity contribution in [2.75, 3.05) is 5.32 Å². The van der Waals surface area contributed by atoms with Crippen molar-refractivity contribution in [2.45, 2.75) is 19.3 Å². The molecule has 1 heterocycles. The highest BCUT2D eigenvalue weighted by Gasteiger charge is 2.49. The van der Waals surface area contributed by atoms with Crippen molar-refractivity contribution in [1.29, 1.82) is 10.5 Å². The lowest BCUT2D eigenvalue weighted by atomic mass is 9.73. The summed E-state index contributed by atoms with van der Waals surface area (Å²) in [7, 11) is 0. The van der Waals surface area contributed by atoms with Crippen LogP contribution in [0.1, 0.15) is 40.7 Å². The normalized spacial score (nSPS) is 20.0. The minimum atomic E-state index is -0.795. The Kier molecular flexibility index (Phi) is 4.38. The molecule has 1 aliphatic rings. The van der Waals surface area contributed by atoms with Crippen LogP contribution in [0.15, 0.2) is 48.0 Å². The van der Waals surface area contributed by atoms with E-state index in [0.29, 0.717) is 22.7 Å². The van der Waals surface area contributed by atoms with Crippen LogP contribution in [0, 0.1) is 28.1 Å². The highest BCUT2D eigenvalue weighted by molar-refractivity contribution is 7.13. The third-order valence-electron chi connectivity index (χ3n) is 5.23. The Hall–Kier alpha value is -3.55. The number of carbonyl (C=O) groups is 1. The molecule has 1 aromatic heterocycles. The first-order valence-corrected chi connectivity index (χ1v) is 9.54. The molecular formula is C21H15N5OS. The smallest absolute Gasteiger partial charge is 0.233 e. The number of rotatable bonds is 3. The van der Waals surface area contributed by atoms with Crippen LogP contribution in [-0.2, 0) is 11.2 Å². The Morgan fingerprint density at radius 1 is 1.21 bits per heavy atom. The van der Waals surface area contributed by atoms with Crippen LogP contribution in [0.5, 0.6) is 0 Å². The minimum absolute atomic E-state index is 0.161. The first-order valence-electron chi connectivity index (χ1n) is 8.66. The molecule has 6 nitrogen and oxygen atoms in total. The molecule has 2 aromatic carbocycles. The quantitative estimate of drug-likeness (QED) is 0.742. The van der Waals surface area contributed by atoms with Gasteiger partial charge in [-0.05, 0) is 54.3 Å². The summed E-state index contributed by atoms with van der Waals surface area (Å²) in [6, 6.07) is 17.2. The summed E-state index contributed by atoms with van der Waals surface area (Å²) in [5.74, 6) is -0.441. The molecule has 0 fully saturated rings. The number of carbonyl (C=O) groups excluding carboxylic acids is 1. The molecule has 0 bridgehead atoms. The number of fused-ring (bicyclic) bond motifs is 1. The lowest BCUT2D eigenvalue weighted by molar-refractivity contribution is -0.125. The predicted molar refractivity (Wildman–Crippen MR) is 105 cm³/mol. The van der Waals surface area contributed by atoms with Crippen LogP contribution >= 0.6 is 11.3 Å². The Balaban J connectivity index is 1.84. The van der Waals surface area contributed by atoms with Crippen molar-refractivity contribution in [2.24, 2.45) is 5.41 Å². The van der Waals surface area contributed by atoms with E-state index in [0.717, 1.165) is 16.7 Å². The van der Waals surface area contributed by atoms with Gasteiger partial charge >= 0.3 is 0 Å². The number of nitriles is 2. The third-order valence-corrected chi connectivity index (χ3v) is 5.84. The first kappa shape index (κ1) is 17.8. The van der Waals surface area contributed by atoms with Gasteiger partial charge in [-0.2, -0.15) is 10.5 Å². The summed E-state index contributed by atoms with van der Waals surface area (Å²) in [6.45, 7) is 1.92. The van der Waals surface area contributed by atoms with Crippen LogP contribution in [0.2, 0.25) is 0 Å². The van der Waals surface area contributed by atoms with Gasteiger partial charge < -0.3 is 5.32 Å². The van der Waals surface area contributed by atoms with Crippen molar-refractivity contribution in [3.8, 4) is 12.1 Å². The van der Waals surface area contributed by atoms with E-state index in [9.17, 15) is 15.3 Å². The summed E-state index contributed by atoms with van der Waals surface area (Å²) in [5, 5.41) is 29.6. The van der Waals surface area contributed by atoms with Gasteiger partial charge in [0.2, 0.25) is 11.0 Å². The van der Waals surface area contributed by atoms with Crippen LogP contribution in [0.4, 0.5) is 5.13 Å². The highest BCUT2D eigenvalue weighted by Crippen LogP contribution is 2.51. The van der Waals surface area contributed by atoms with Crippen LogP contribution < -0.4 is 5.32 Å². The maximum atomic E-state index is 13.3. The van der Waals surface area contributed by atoms with Crippen molar-refractivity contribution in [3.63, 3.8) is 0 Å². The van der Waals surface area contributed by atoms with E-state index in [2.05, 4.69) is 27.7 Å². The van der Waals surface area contributed by atoms with Gasteiger partial charge in [0.15, 0.2) is 0 Å². The van der Waals surface area contributed by atoms with Crippen molar-refractivity contribution >= 4 is 22.4 Å². The number of hydrogen-bond donors (Lipinski definition) is 1. The van der Waals surface area contributed by atoms with Gasteiger partial charge in [0.1, 0.15) is 5.51 Å². The molecule has 1 amide bonds. The second-order valence-electron chi connectivity index (χ2n) is 6.99. The fraction of sp³-hybridized carbons (Fsp3) is 0.190. The van der Waals surface area contributed by atoms with Gasteiger partial charge in [-0.1, -0.05) is 29.5 Å². The van der Waals surface area contributed by atoms with Crippen LogP contribution in [0.3, 0.4) is 0 Å². The molecule has 0 saturated heterocycles. The van der Waals surface area contributed by atoms with E-state index in [1.165, 1.54) is 11.3 Å². The number of aromatic nitrogens is 2. The van der Waals surface area contributed by atoms with Gasteiger partial charge in [0.25, 0.3) is 0 Å². The Morgan fingerprint density at radius 2 is 2.00 bits per heavy atom. The standard InChI is InChI=1S/C21H15N5OS/c1-21(19(27)25-20-26-24-12-28-20)9-16-6-5-14(11-23)8-17(16)18(21)15-4-2-3-13(7-15)10-22/h2-8,12,18H,9H2,1H3,(H,25,26,27)/t18-,21+/m1/s1. The molecule has 0 radical (unpaired) electrons. The van der Waals surface area contributed by atoms with E-state index in [4.69, 9.17) is 0 Å². The number of hydrogen-bond acceptors (Lipinski definition) is 6. The molecular weight excluding hydrogens is 370 g/mol. The summed E-state index contributed by atoms with van der Waals surface area (Å²) < 4.78 is 0. The topological polar surface area (TPSA) is 102 Å². The monoisotopic (exact) mass is 385 g/mol. The Morgan fingerprint density at radius 3 is 2.71 bits per heavy atom. The van der Waals surface area contributed by atoms with Gasteiger partial charge in [-0.25, -0.2) is 0 Å².